The summed E-state index contributed by atoms with van der Waals surface area (Å²) in [6, 6.07) is 7.90. The predicted octanol–water partition coefficient (Wildman–Crippen LogP) is 4.10. The smallest absolute Gasteiger partial charge is 0.165 e. The van der Waals surface area contributed by atoms with Crippen molar-refractivity contribution in [3.63, 3.8) is 0 Å². The van der Waals surface area contributed by atoms with E-state index < -0.39 is 11.6 Å². The van der Waals surface area contributed by atoms with Crippen LogP contribution < -0.4 is 10.5 Å². The number of ether oxygens (including phenoxy) is 1. The van der Waals surface area contributed by atoms with Gasteiger partial charge in [0.2, 0.25) is 0 Å². The minimum atomic E-state index is -0.545. The molecule has 0 saturated carbocycles. The van der Waals surface area contributed by atoms with Gasteiger partial charge in [-0.1, -0.05) is 15.9 Å². The maximum atomic E-state index is 13.4. The van der Waals surface area contributed by atoms with Crippen molar-refractivity contribution in [3.8, 4) is 11.5 Å². The summed E-state index contributed by atoms with van der Waals surface area (Å²) < 4.78 is 32.3. The van der Waals surface area contributed by atoms with Gasteiger partial charge in [-0.3, -0.25) is 0 Å². The summed E-state index contributed by atoms with van der Waals surface area (Å²) in [5.74, 6) is -0.972. The molecule has 0 aliphatic heterocycles. The topological polar surface area (TPSA) is 35.2 Å². The van der Waals surface area contributed by atoms with Crippen molar-refractivity contribution in [3.05, 3.63) is 52.5 Å². The Morgan fingerprint density at radius 1 is 1.00 bits per heavy atom. The number of rotatable bonds is 2. The molecule has 0 aliphatic rings. The average Bonchev–Trinajstić information content (AvgIpc) is 2.28. The number of hydrogen-bond acceptors (Lipinski definition) is 2. The molecule has 0 amide bonds. The Labute approximate surface area is 105 Å². The molecule has 0 radical (unpaired) electrons. The van der Waals surface area contributed by atoms with E-state index >= 15 is 0 Å². The van der Waals surface area contributed by atoms with Crippen molar-refractivity contribution < 1.29 is 13.5 Å². The molecular formula is C12H8BrF2NO. The van der Waals surface area contributed by atoms with Gasteiger partial charge >= 0.3 is 0 Å². The third kappa shape index (κ3) is 2.74. The predicted molar refractivity (Wildman–Crippen MR) is 65.0 cm³/mol. The maximum absolute atomic E-state index is 13.4. The Morgan fingerprint density at radius 2 is 1.76 bits per heavy atom. The van der Waals surface area contributed by atoms with Crippen LogP contribution in [0.2, 0.25) is 0 Å². The first kappa shape index (κ1) is 11.9. The molecule has 0 aliphatic carbocycles. The lowest BCUT2D eigenvalue weighted by atomic mass is 10.3. The second-order valence-corrected chi connectivity index (χ2v) is 4.27. The van der Waals surface area contributed by atoms with Gasteiger partial charge in [0.1, 0.15) is 5.82 Å². The number of nitrogens with two attached hydrogens (primary N) is 1. The third-order valence-corrected chi connectivity index (χ3v) is 2.58. The average molecular weight is 300 g/mol. The van der Waals surface area contributed by atoms with E-state index in [1.54, 1.807) is 0 Å². The van der Waals surface area contributed by atoms with Gasteiger partial charge in [-0.15, -0.1) is 0 Å². The van der Waals surface area contributed by atoms with Crippen LogP contribution in [0.25, 0.3) is 0 Å². The molecule has 2 rings (SSSR count). The van der Waals surface area contributed by atoms with Crippen LogP contribution >= 0.6 is 15.9 Å². The first-order chi connectivity index (χ1) is 8.06. The lowest BCUT2D eigenvalue weighted by molar-refractivity contribution is 0.440. The van der Waals surface area contributed by atoms with Crippen molar-refractivity contribution in [2.75, 3.05) is 5.73 Å². The fraction of sp³-hybridized carbons (Fsp3) is 0. The molecule has 0 heterocycles. The van der Waals surface area contributed by atoms with Crippen LogP contribution in [-0.2, 0) is 0 Å². The van der Waals surface area contributed by atoms with E-state index in [1.807, 2.05) is 0 Å². The second-order valence-electron chi connectivity index (χ2n) is 3.36. The molecule has 17 heavy (non-hydrogen) atoms. The fourth-order valence-corrected chi connectivity index (χ4v) is 1.61. The number of hydrogen-bond donors (Lipinski definition) is 1. The summed E-state index contributed by atoms with van der Waals surface area (Å²) in [5.41, 5.74) is 5.84. The first-order valence-electron chi connectivity index (χ1n) is 4.74. The molecule has 2 nitrogen and oxygen atoms in total. The number of anilines is 1. The first-order valence-corrected chi connectivity index (χ1v) is 5.53. The van der Waals surface area contributed by atoms with E-state index in [0.717, 1.165) is 6.07 Å². The number of nitrogen functional groups attached to an aromatic ring is 1. The third-order valence-electron chi connectivity index (χ3n) is 2.09. The molecule has 5 heteroatoms. The van der Waals surface area contributed by atoms with Gasteiger partial charge in [0.15, 0.2) is 17.3 Å². The summed E-state index contributed by atoms with van der Waals surface area (Å²) in [4.78, 5) is 0. The van der Waals surface area contributed by atoms with Crippen molar-refractivity contribution in [1.82, 2.24) is 0 Å². The quantitative estimate of drug-likeness (QED) is 0.847. The molecule has 2 aromatic rings. The van der Waals surface area contributed by atoms with Crippen LogP contribution in [0, 0.1) is 11.6 Å². The number of benzene rings is 2. The van der Waals surface area contributed by atoms with Crippen LogP contribution in [0.5, 0.6) is 11.5 Å². The molecule has 0 fully saturated rings. The summed E-state index contributed by atoms with van der Waals surface area (Å²) in [5, 5.41) is 0. The van der Waals surface area contributed by atoms with E-state index in [-0.39, 0.29) is 17.2 Å². The molecular weight excluding hydrogens is 292 g/mol. The van der Waals surface area contributed by atoms with Crippen LogP contribution in [0.4, 0.5) is 14.5 Å². The fourth-order valence-electron chi connectivity index (χ4n) is 1.27. The van der Waals surface area contributed by atoms with Gasteiger partial charge in [0.05, 0.1) is 5.69 Å². The van der Waals surface area contributed by atoms with E-state index in [0.29, 0.717) is 4.47 Å². The molecule has 0 unspecified atom stereocenters. The van der Waals surface area contributed by atoms with Crippen molar-refractivity contribution >= 4 is 21.6 Å². The lowest BCUT2D eigenvalue weighted by Gasteiger charge is -2.09. The maximum Gasteiger partial charge on any atom is 0.165 e. The van der Waals surface area contributed by atoms with Crippen LogP contribution in [0.15, 0.2) is 40.9 Å². The molecule has 88 valence electrons. The van der Waals surface area contributed by atoms with Gasteiger partial charge < -0.3 is 10.5 Å². The Bertz CT molecular complexity index is 511. The number of halogens is 3. The van der Waals surface area contributed by atoms with Crippen LogP contribution in [-0.4, -0.2) is 0 Å². The molecule has 0 bridgehead atoms. The lowest BCUT2D eigenvalue weighted by Crippen LogP contribution is -1.94. The minimum Gasteiger partial charge on any atom is -0.452 e. The Morgan fingerprint density at radius 3 is 2.53 bits per heavy atom. The van der Waals surface area contributed by atoms with Gasteiger partial charge in [-0.25, -0.2) is 8.78 Å². The molecule has 0 atom stereocenters. The Balaban J connectivity index is 2.37. The summed E-state index contributed by atoms with van der Waals surface area (Å²) in [6.07, 6.45) is 0. The van der Waals surface area contributed by atoms with Gasteiger partial charge in [-0.05, 0) is 30.3 Å². The standard InChI is InChI=1S/C12H8BrF2NO/c13-7-1-3-9(15)11(5-7)17-12-6-8(14)2-4-10(12)16/h1-6H,16H2. The summed E-state index contributed by atoms with van der Waals surface area (Å²) in [7, 11) is 0. The van der Waals surface area contributed by atoms with Crippen LogP contribution in [0.3, 0.4) is 0 Å². The van der Waals surface area contributed by atoms with Crippen LogP contribution in [0.1, 0.15) is 0 Å². The SMILES string of the molecule is Nc1ccc(F)cc1Oc1cc(Br)ccc1F. The zero-order valence-electron chi connectivity index (χ0n) is 8.58. The van der Waals surface area contributed by atoms with Crippen molar-refractivity contribution in [2.24, 2.45) is 0 Å². The Hall–Kier alpha value is -1.62. The minimum absolute atomic E-state index is 0.0170. The molecule has 2 aromatic carbocycles. The normalized spacial score (nSPS) is 10.3. The second kappa shape index (κ2) is 4.71. The molecule has 2 N–H and O–H groups in total. The zero-order valence-corrected chi connectivity index (χ0v) is 10.2. The Kier molecular flexibility index (Phi) is 3.28. The highest BCUT2D eigenvalue weighted by atomic mass is 79.9. The highest BCUT2D eigenvalue weighted by Crippen LogP contribution is 2.31. The highest BCUT2D eigenvalue weighted by Gasteiger charge is 2.08. The van der Waals surface area contributed by atoms with Gasteiger partial charge in [0.25, 0.3) is 0 Å². The molecule has 0 spiro atoms. The van der Waals surface area contributed by atoms with Crippen molar-refractivity contribution in [1.29, 1.82) is 0 Å². The van der Waals surface area contributed by atoms with E-state index in [9.17, 15) is 8.78 Å². The van der Waals surface area contributed by atoms with E-state index in [2.05, 4.69) is 15.9 Å². The molecule has 0 saturated heterocycles. The monoisotopic (exact) mass is 299 g/mol. The zero-order chi connectivity index (χ0) is 12.4. The summed E-state index contributed by atoms with van der Waals surface area (Å²) in [6.45, 7) is 0. The van der Waals surface area contributed by atoms with Crippen molar-refractivity contribution in [2.45, 2.75) is 0 Å². The summed E-state index contributed by atoms with van der Waals surface area (Å²) >= 11 is 3.19. The van der Waals surface area contributed by atoms with E-state index in [4.69, 9.17) is 10.5 Å². The van der Waals surface area contributed by atoms with Gasteiger partial charge in [-0.2, -0.15) is 0 Å². The highest BCUT2D eigenvalue weighted by molar-refractivity contribution is 9.10. The van der Waals surface area contributed by atoms with Gasteiger partial charge in [0, 0.05) is 10.5 Å². The van der Waals surface area contributed by atoms with E-state index in [1.165, 1.54) is 30.3 Å². The largest absolute Gasteiger partial charge is 0.452 e. The molecule has 0 aromatic heterocycles.